The first-order valence-corrected chi connectivity index (χ1v) is 13.0. The van der Waals surface area contributed by atoms with Crippen LogP contribution in [-0.2, 0) is 14.4 Å². The Hall–Kier alpha value is -5.47. The molecule has 2 aromatic rings. The van der Waals surface area contributed by atoms with E-state index in [2.05, 4.69) is 15.6 Å². The summed E-state index contributed by atoms with van der Waals surface area (Å²) < 4.78 is 0. The molecule has 222 valence electrons. The summed E-state index contributed by atoms with van der Waals surface area (Å²) in [6, 6.07) is 11.3. The molecule has 1 aliphatic heterocycles. The number of nitrogen functional groups attached to an aromatic ring is 1. The van der Waals surface area contributed by atoms with Crippen LogP contribution in [0, 0.1) is 5.41 Å². The SMILES string of the molecule is N=C(N)c1ccc(C(=O)NCC(=O)N2CCN(CC(=O)O)C(=O)[C@@H]2CCCNC(=O)c2ccc(N=C(N)N)cc2)cc1. The van der Waals surface area contributed by atoms with Crippen LogP contribution in [-0.4, -0.2) is 95.1 Å². The number of rotatable bonds is 12. The molecule has 1 fully saturated rings. The van der Waals surface area contributed by atoms with Crippen LogP contribution in [0.2, 0.25) is 0 Å². The minimum atomic E-state index is -1.18. The molecule has 2 aromatic carbocycles. The number of carbonyl (C=O) groups is 5. The zero-order chi connectivity index (χ0) is 30.8. The highest BCUT2D eigenvalue weighted by Gasteiger charge is 2.37. The summed E-state index contributed by atoms with van der Waals surface area (Å²) in [5.74, 6) is -3.36. The van der Waals surface area contributed by atoms with Crippen LogP contribution in [0.25, 0.3) is 0 Å². The average Bonchev–Trinajstić information content (AvgIpc) is 2.95. The second-order valence-corrected chi connectivity index (χ2v) is 9.41. The lowest BCUT2D eigenvalue weighted by Crippen LogP contribution is -2.60. The number of carboxylic acid groups (broad SMARTS) is 1. The summed E-state index contributed by atoms with van der Waals surface area (Å²) in [7, 11) is 0. The maximum Gasteiger partial charge on any atom is 0.323 e. The van der Waals surface area contributed by atoms with E-state index >= 15 is 0 Å². The van der Waals surface area contributed by atoms with Crippen molar-refractivity contribution in [2.45, 2.75) is 18.9 Å². The zero-order valence-electron chi connectivity index (χ0n) is 22.7. The molecule has 42 heavy (non-hydrogen) atoms. The van der Waals surface area contributed by atoms with Gasteiger partial charge in [0.15, 0.2) is 5.96 Å². The lowest BCUT2D eigenvalue weighted by atomic mass is 10.0. The number of benzene rings is 2. The number of nitrogens with zero attached hydrogens (tertiary/aromatic N) is 3. The van der Waals surface area contributed by atoms with Gasteiger partial charge in [0.1, 0.15) is 18.4 Å². The summed E-state index contributed by atoms with van der Waals surface area (Å²) in [5.41, 5.74) is 17.7. The molecule has 0 radical (unpaired) electrons. The molecule has 0 spiro atoms. The van der Waals surface area contributed by atoms with Crippen LogP contribution in [0.1, 0.15) is 39.1 Å². The first-order chi connectivity index (χ1) is 20.0. The first-order valence-electron chi connectivity index (χ1n) is 13.0. The third-order valence-electron chi connectivity index (χ3n) is 6.42. The Balaban J connectivity index is 1.59. The number of amidine groups is 1. The predicted molar refractivity (Wildman–Crippen MR) is 153 cm³/mol. The summed E-state index contributed by atoms with van der Waals surface area (Å²) in [6.45, 7) is -0.591. The molecule has 3 rings (SSSR count). The number of aliphatic carboxylic acids is 1. The van der Waals surface area contributed by atoms with E-state index in [9.17, 15) is 29.1 Å². The fraction of sp³-hybridized carbons (Fsp3) is 0.296. The largest absolute Gasteiger partial charge is 0.480 e. The number of nitrogens with two attached hydrogens (primary N) is 3. The van der Waals surface area contributed by atoms with Crippen molar-refractivity contribution in [1.29, 1.82) is 5.41 Å². The number of hydrogen-bond acceptors (Lipinski definition) is 7. The van der Waals surface area contributed by atoms with Gasteiger partial charge in [-0.1, -0.05) is 12.1 Å². The van der Waals surface area contributed by atoms with Crippen molar-refractivity contribution in [2.24, 2.45) is 22.2 Å². The minimum absolute atomic E-state index is 0.0282. The molecular weight excluding hydrogens is 546 g/mol. The molecule has 0 bridgehead atoms. The van der Waals surface area contributed by atoms with E-state index in [4.69, 9.17) is 22.6 Å². The van der Waals surface area contributed by atoms with Gasteiger partial charge in [-0.2, -0.15) is 0 Å². The van der Waals surface area contributed by atoms with Gasteiger partial charge in [-0.25, -0.2) is 4.99 Å². The normalized spacial score (nSPS) is 14.6. The average molecular weight is 580 g/mol. The van der Waals surface area contributed by atoms with E-state index in [0.29, 0.717) is 23.2 Å². The molecule has 0 aromatic heterocycles. The van der Waals surface area contributed by atoms with Crippen molar-refractivity contribution in [3.63, 3.8) is 0 Å². The number of carboxylic acids is 1. The monoisotopic (exact) mass is 579 g/mol. The molecule has 1 heterocycles. The van der Waals surface area contributed by atoms with Crippen molar-refractivity contribution in [3.05, 3.63) is 65.2 Å². The van der Waals surface area contributed by atoms with E-state index in [1.54, 1.807) is 24.3 Å². The highest BCUT2D eigenvalue weighted by molar-refractivity contribution is 6.00. The van der Waals surface area contributed by atoms with Gasteiger partial charge in [-0.05, 0) is 49.2 Å². The van der Waals surface area contributed by atoms with Gasteiger partial charge in [0.2, 0.25) is 11.8 Å². The fourth-order valence-electron chi connectivity index (χ4n) is 4.33. The smallest absolute Gasteiger partial charge is 0.323 e. The topological polar surface area (TPSA) is 250 Å². The van der Waals surface area contributed by atoms with Gasteiger partial charge in [0.05, 0.1) is 12.2 Å². The number of piperazine rings is 1. The van der Waals surface area contributed by atoms with Gasteiger partial charge in [-0.15, -0.1) is 0 Å². The van der Waals surface area contributed by atoms with Gasteiger partial charge < -0.3 is 42.7 Å². The molecule has 15 nitrogen and oxygen atoms in total. The Kier molecular flexibility index (Phi) is 10.5. The molecule has 0 saturated carbocycles. The number of carbonyl (C=O) groups excluding carboxylic acids is 4. The van der Waals surface area contributed by atoms with Crippen LogP contribution in [0.5, 0.6) is 0 Å². The van der Waals surface area contributed by atoms with Crippen molar-refractivity contribution >= 4 is 47.1 Å². The van der Waals surface area contributed by atoms with Crippen molar-refractivity contribution in [2.75, 3.05) is 32.7 Å². The Bertz CT molecular complexity index is 1370. The second kappa shape index (κ2) is 14.2. The van der Waals surface area contributed by atoms with E-state index in [0.717, 1.165) is 0 Å². The number of hydrogen-bond donors (Lipinski definition) is 7. The Morgan fingerprint density at radius 3 is 2.05 bits per heavy atom. The highest BCUT2D eigenvalue weighted by Crippen LogP contribution is 2.17. The van der Waals surface area contributed by atoms with E-state index in [1.807, 2.05) is 0 Å². The Morgan fingerprint density at radius 2 is 1.48 bits per heavy atom. The van der Waals surface area contributed by atoms with Crippen LogP contribution >= 0.6 is 0 Å². The molecule has 0 aliphatic carbocycles. The van der Waals surface area contributed by atoms with E-state index in [-0.39, 0.29) is 55.9 Å². The Morgan fingerprint density at radius 1 is 0.905 bits per heavy atom. The van der Waals surface area contributed by atoms with Crippen molar-refractivity contribution < 1.29 is 29.1 Å². The molecule has 1 atom stereocenters. The lowest BCUT2D eigenvalue weighted by Gasteiger charge is -2.40. The molecule has 1 saturated heterocycles. The third-order valence-corrected chi connectivity index (χ3v) is 6.42. The van der Waals surface area contributed by atoms with Gasteiger partial charge in [-0.3, -0.25) is 29.4 Å². The standard InChI is InChI=1S/C27H33N9O6/c28-23(29)16-3-5-17(6-4-16)25(41)33-14-21(37)36-13-12-35(15-22(38)39)26(42)20(36)2-1-11-32-24(40)18-7-9-19(10-8-18)34-27(30)31/h3-10,20H,1-2,11-15H2,(H3,28,29)(H,32,40)(H,33,41)(H,38,39)(H4,30,31,34)/t20-/m0/s1. The van der Waals surface area contributed by atoms with E-state index in [1.165, 1.54) is 34.1 Å². The van der Waals surface area contributed by atoms with Crippen LogP contribution < -0.4 is 27.8 Å². The summed E-state index contributed by atoms with van der Waals surface area (Å²) in [5, 5.41) is 21.9. The summed E-state index contributed by atoms with van der Waals surface area (Å²) in [4.78, 5) is 68.8. The second-order valence-electron chi connectivity index (χ2n) is 9.41. The maximum atomic E-state index is 13.1. The number of guanidine groups is 1. The fourth-order valence-corrected chi connectivity index (χ4v) is 4.33. The summed E-state index contributed by atoms with van der Waals surface area (Å²) >= 11 is 0. The van der Waals surface area contributed by atoms with Crippen LogP contribution in [0.4, 0.5) is 5.69 Å². The van der Waals surface area contributed by atoms with Crippen molar-refractivity contribution in [1.82, 2.24) is 20.4 Å². The lowest BCUT2D eigenvalue weighted by molar-refractivity contribution is -0.155. The van der Waals surface area contributed by atoms with Gasteiger partial charge in [0, 0.05) is 36.3 Å². The maximum absolute atomic E-state index is 13.1. The highest BCUT2D eigenvalue weighted by atomic mass is 16.4. The van der Waals surface area contributed by atoms with Crippen LogP contribution in [0.3, 0.4) is 0 Å². The van der Waals surface area contributed by atoms with Gasteiger partial charge in [0.25, 0.3) is 11.8 Å². The van der Waals surface area contributed by atoms with E-state index < -0.39 is 36.3 Å². The predicted octanol–water partition coefficient (Wildman–Crippen LogP) is -1.06. The number of nitrogens with one attached hydrogen (secondary N) is 3. The third kappa shape index (κ3) is 8.51. The number of aliphatic imine (C=N–C) groups is 1. The van der Waals surface area contributed by atoms with Crippen molar-refractivity contribution in [3.8, 4) is 0 Å². The molecule has 1 aliphatic rings. The quantitative estimate of drug-likeness (QED) is 0.0918. The number of amides is 4. The summed E-state index contributed by atoms with van der Waals surface area (Å²) in [6.07, 6.45) is 0.471. The molecule has 10 N–H and O–H groups in total. The zero-order valence-corrected chi connectivity index (χ0v) is 22.7. The molecule has 0 unspecified atom stereocenters. The van der Waals surface area contributed by atoms with Crippen LogP contribution in [0.15, 0.2) is 53.5 Å². The Labute approximate surface area is 241 Å². The minimum Gasteiger partial charge on any atom is -0.480 e. The molecule has 15 heteroatoms. The first kappa shape index (κ1) is 31.1. The van der Waals surface area contributed by atoms with Gasteiger partial charge >= 0.3 is 5.97 Å². The molecule has 4 amide bonds. The molecular formula is C27H33N9O6.